The van der Waals surface area contributed by atoms with Gasteiger partial charge in [-0.25, -0.2) is 0 Å². The summed E-state index contributed by atoms with van der Waals surface area (Å²) in [5, 5.41) is 11.4. The lowest BCUT2D eigenvalue weighted by molar-refractivity contribution is -0.121. The molecule has 0 fully saturated rings. The highest BCUT2D eigenvalue weighted by Crippen LogP contribution is 1.98. The van der Waals surface area contributed by atoms with Crippen molar-refractivity contribution in [2.45, 2.75) is 51.9 Å². The van der Waals surface area contributed by atoms with Gasteiger partial charge in [-0.15, -0.1) is 0 Å². The summed E-state index contributed by atoms with van der Waals surface area (Å²) in [6, 6.07) is 0. The number of rotatable bonds is 9. The van der Waals surface area contributed by atoms with E-state index in [-0.39, 0.29) is 12.5 Å². The summed E-state index contributed by atoms with van der Waals surface area (Å²) in [6.07, 6.45) is 6.77. The first kappa shape index (κ1) is 13.4. The van der Waals surface area contributed by atoms with E-state index in [1.165, 1.54) is 0 Å². The van der Waals surface area contributed by atoms with Gasteiger partial charge in [0.05, 0.1) is 0 Å². The van der Waals surface area contributed by atoms with Crippen molar-refractivity contribution in [3.63, 3.8) is 0 Å². The first-order chi connectivity index (χ1) is 6.81. The monoisotopic (exact) mass is 201 g/mol. The second kappa shape index (κ2) is 10.5. The lowest BCUT2D eigenvalue weighted by atomic mass is 10.2. The van der Waals surface area contributed by atoms with E-state index in [2.05, 4.69) is 12.2 Å². The normalized spacial score (nSPS) is 10.1. The topological polar surface area (TPSA) is 49.3 Å². The number of hydrogen-bond acceptors (Lipinski definition) is 2. The van der Waals surface area contributed by atoms with Crippen LogP contribution in [0.3, 0.4) is 0 Å². The lowest BCUT2D eigenvalue weighted by Gasteiger charge is -2.03. The van der Waals surface area contributed by atoms with Gasteiger partial charge in [-0.05, 0) is 19.3 Å². The summed E-state index contributed by atoms with van der Waals surface area (Å²) in [5.41, 5.74) is 0. The molecule has 0 aromatic rings. The summed E-state index contributed by atoms with van der Waals surface area (Å²) in [4.78, 5) is 11.1. The molecule has 0 saturated heterocycles. The molecule has 0 saturated carbocycles. The molecule has 0 aliphatic rings. The molecule has 0 heterocycles. The van der Waals surface area contributed by atoms with Crippen molar-refractivity contribution in [1.82, 2.24) is 5.32 Å². The van der Waals surface area contributed by atoms with Crippen LogP contribution < -0.4 is 5.32 Å². The zero-order chi connectivity index (χ0) is 10.6. The number of amides is 1. The fourth-order valence-corrected chi connectivity index (χ4v) is 1.24. The molecule has 0 aromatic carbocycles. The van der Waals surface area contributed by atoms with Gasteiger partial charge in [0.1, 0.15) is 0 Å². The number of carbonyl (C=O) groups is 1. The Labute approximate surface area is 86.9 Å². The molecule has 14 heavy (non-hydrogen) atoms. The van der Waals surface area contributed by atoms with Gasteiger partial charge in [0.15, 0.2) is 0 Å². The van der Waals surface area contributed by atoms with Crippen molar-refractivity contribution in [3.8, 4) is 0 Å². The van der Waals surface area contributed by atoms with E-state index in [0.29, 0.717) is 6.42 Å². The average Bonchev–Trinajstić information content (AvgIpc) is 2.20. The van der Waals surface area contributed by atoms with E-state index in [4.69, 9.17) is 5.11 Å². The third kappa shape index (κ3) is 9.52. The van der Waals surface area contributed by atoms with Crippen LogP contribution in [0.1, 0.15) is 51.9 Å². The molecular weight excluding hydrogens is 178 g/mol. The molecule has 0 spiro atoms. The smallest absolute Gasteiger partial charge is 0.219 e. The van der Waals surface area contributed by atoms with Crippen LogP contribution in [0, 0.1) is 0 Å². The van der Waals surface area contributed by atoms with Crippen LogP contribution in [0.15, 0.2) is 0 Å². The standard InChI is InChI=1S/C11H23NO2/c1-2-3-8-11(14)12-9-6-4-5-7-10-13/h13H,2-10H2,1H3,(H,12,14). The Balaban J connectivity index is 3.07. The maximum absolute atomic E-state index is 11.1. The van der Waals surface area contributed by atoms with Crippen molar-refractivity contribution in [3.05, 3.63) is 0 Å². The van der Waals surface area contributed by atoms with Crippen LogP contribution >= 0.6 is 0 Å². The Morgan fingerprint density at radius 2 is 1.86 bits per heavy atom. The SMILES string of the molecule is CCCCC(=O)NCCCCCCO. The molecule has 3 heteroatoms. The maximum atomic E-state index is 11.1. The molecule has 1 amide bonds. The van der Waals surface area contributed by atoms with Crippen LogP contribution in [0.5, 0.6) is 0 Å². The summed E-state index contributed by atoms with van der Waals surface area (Å²) in [6.45, 7) is 3.15. The Bertz CT molecular complexity index is 137. The fourth-order valence-electron chi connectivity index (χ4n) is 1.24. The average molecular weight is 201 g/mol. The van der Waals surface area contributed by atoms with Crippen LogP contribution in [-0.4, -0.2) is 24.2 Å². The van der Waals surface area contributed by atoms with Crippen molar-refractivity contribution in [2.24, 2.45) is 0 Å². The van der Waals surface area contributed by atoms with Gasteiger partial charge in [-0.1, -0.05) is 26.2 Å². The first-order valence-electron chi connectivity index (χ1n) is 5.68. The van der Waals surface area contributed by atoms with E-state index in [9.17, 15) is 4.79 Å². The molecular formula is C11H23NO2. The lowest BCUT2D eigenvalue weighted by Crippen LogP contribution is -2.23. The van der Waals surface area contributed by atoms with E-state index < -0.39 is 0 Å². The highest BCUT2D eigenvalue weighted by Gasteiger charge is 1.98. The van der Waals surface area contributed by atoms with Crippen LogP contribution in [0.25, 0.3) is 0 Å². The molecule has 0 atom stereocenters. The minimum atomic E-state index is 0.175. The number of aliphatic hydroxyl groups excluding tert-OH is 1. The summed E-state index contributed by atoms with van der Waals surface area (Å²) in [7, 11) is 0. The van der Waals surface area contributed by atoms with E-state index in [0.717, 1.165) is 45.1 Å². The van der Waals surface area contributed by atoms with Gasteiger partial charge in [0.2, 0.25) is 5.91 Å². The Morgan fingerprint density at radius 3 is 2.50 bits per heavy atom. The second-order valence-corrected chi connectivity index (χ2v) is 3.59. The van der Waals surface area contributed by atoms with Gasteiger partial charge < -0.3 is 10.4 Å². The summed E-state index contributed by atoms with van der Waals surface area (Å²) < 4.78 is 0. The Kier molecular flexibility index (Phi) is 10.1. The zero-order valence-electron chi connectivity index (χ0n) is 9.22. The van der Waals surface area contributed by atoms with Crippen molar-refractivity contribution >= 4 is 5.91 Å². The molecule has 3 nitrogen and oxygen atoms in total. The van der Waals surface area contributed by atoms with Crippen LogP contribution in [0.4, 0.5) is 0 Å². The van der Waals surface area contributed by atoms with E-state index >= 15 is 0 Å². The molecule has 0 unspecified atom stereocenters. The number of hydrogen-bond donors (Lipinski definition) is 2. The molecule has 0 aliphatic carbocycles. The summed E-state index contributed by atoms with van der Waals surface area (Å²) >= 11 is 0. The van der Waals surface area contributed by atoms with Crippen molar-refractivity contribution < 1.29 is 9.90 Å². The van der Waals surface area contributed by atoms with Crippen LogP contribution in [0.2, 0.25) is 0 Å². The molecule has 0 aliphatic heterocycles. The quantitative estimate of drug-likeness (QED) is 0.559. The zero-order valence-corrected chi connectivity index (χ0v) is 9.22. The molecule has 0 bridgehead atoms. The largest absolute Gasteiger partial charge is 0.396 e. The number of nitrogens with one attached hydrogen (secondary N) is 1. The van der Waals surface area contributed by atoms with Gasteiger partial charge in [-0.2, -0.15) is 0 Å². The fraction of sp³-hybridized carbons (Fsp3) is 0.909. The summed E-state index contributed by atoms with van der Waals surface area (Å²) in [5.74, 6) is 0.175. The predicted molar refractivity (Wildman–Crippen MR) is 58.1 cm³/mol. The molecule has 2 N–H and O–H groups in total. The highest BCUT2D eigenvalue weighted by molar-refractivity contribution is 5.75. The minimum absolute atomic E-state index is 0.175. The number of unbranched alkanes of at least 4 members (excludes halogenated alkanes) is 4. The maximum Gasteiger partial charge on any atom is 0.219 e. The van der Waals surface area contributed by atoms with Crippen molar-refractivity contribution in [2.75, 3.05) is 13.2 Å². The van der Waals surface area contributed by atoms with E-state index in [1.54, 1.807) is 0 Å². The van der Waals surface area contributed by atoms with Gasteiger partial charge >= 0.3 is 0 Å². The van der Waals surface area contributed by atoms with Crippen molar-refractivity contribution in [1.29, 1.82) is 0 Å². The van der Waals surface area contributed by atoms with Gasteiger partial charge in [0, 0.05) is 19.6 Å². The van der Waals surface area contributed by atoms with Gasteiger partial charge in [0.25, 0.3) is 0 Å². The minimum Gasteiger partial charge on any atom is -0.396 e. The number of aliphatic hydroxyl groups is 1. The first-order valence-corrected chi connectivity index (χ1v) is 5.68. The number of carbonyl (C=O) groups excluding carboxylic acids is 1. The Hall–Kier alpha value is -0.570. The molecule has 84 valence electrons. The highest BCUT2D eigenvalue weighted by atomic mass is 16.2. The molecule has 0 rings (SSSR count). The van der Waals surface area contributed by atoms with E-state index in [1.807, 2.05) is 0 Å². The molecule has 0 radical (unpaired) electrons. The molecule has 0 aromatic heterocycles. The predicted octanol–water partition coefficient (Wildman–Crippen LogP) is 1.85. The third-order valence-corrected chi connectivity index (χ3v) is 2.16. The van der Waals surface area contributed by atoms with Crippen LogP contribution in [-0.2, 0) is 4.79 Å². The Morgan fingerprint density at radius 1 is 1.14 bits per heavy atom. The third-order valence-electron chi connectivity index (χ3n) is 2.16. The van der Waals surface area contributed by atoms with Gasteiger partial charge in [-0.3, -0.25) is 4.79 Å². The second-order valence-electron chi connectivity index (χ2n) is 3.59.